The quantitative estimate of drug-likeness (QED) is 0.424. The number of nitrogens with one attached hydrogen (secondary N) is 1. The zero-order valence-electron chi connectivity index (χ0n) is 11.9. The summed E-state index contributed by atoms with van der Waals surface area (Å²) in [6, 6.07) is 13.8. The first-order valence-corrected chi connectivity index (χ1v) is 7.66. The minimum absolute atomic E-state index is 0.291. The molecule has 0 bridgehead atoms. The Kier molecular flexibility index (Phi) is 6.10. The van der Waals surface area contributed by atoms with Crippen molar-refractivity contribution in [2.45, 2.75) is 0 Å². The van der Waals surface area contributed by atoms with E-state index in [1.165, 1.54) is 6.21 Å². The number of carboxylic acid groups (broad SMARTS) is 1. The third-order valence-electron chi connectivity index (χ3n) is 2.71. The molecule has 0 fully saturated rings. The lowest BCUT2D eigenvalue weighted by Crippen LogP contribution is -2.17. The number of hydrogen-bond acceptors (Lipinski definition) is 4. The molecule has 2 aromatic rings. The first-order valence-electron chi connectivity index (χ1n) is 6.58. The number of ether oxygens (including phenoxy) is 1. The van der Waals surface area contributed by atoms with Crippen LogP contribution in [0.4, 0.5) is 0 Å². The molecule has 0 radical (unpaired) electrons. The third kappa shape index (κ3) is 5.70. The Morgan fingerprint density at radius 3 is 2.61 bits per heavy atom. The van der Waals surface area contributed by atoms with Gasteiger partial charge >= 0.3 is 5.97 Å². The van der Waals surface area contributed by atoms with E-state index < -0.39 is 5.97 Å². The molecule has 1 amide bonds. The lowest BCUT2D eigenvalue weighted by atomic mass is 10.2. The van der Waals surface area contributed by atoms with Crippen molar-refractivity contribution in [3.05, 3.63) is 63.2 Å². The molecule has 2 N–H and O–H groups in total. The fourth-order valence-electron chi connectivity index (χ4n) is 1.65. The Balaban J connectivity index is 1.90. The van der Waals surface area contributed by atoms with Crippen LogP contribution < -0.4 is 10.2 Å². The Hall–Kier alpha value is -2.42. The molecule has 0 saturated heterocycles. The Labute approximate surface area is 146 Å². The zero-order chi connectivity index (χ0) is 16.7. The number of hydrogen-bond donors (Lipinski definition) is 2. The molecule has 0 atom stereocenters. The molecule has 0 spiro atoms. The van der Waals surface area contributed by atoms with Gasteiger partial charge in [-0.25, -0.2) is 10.2 Å². The maximum absolute atomic E-state index is 11.9. The second-order valence-electron chi connectivity index (χ2n) is 4.46. The van der Waals surface area contributed by atoms with Crippen molar-refractivity contribution in [2.75, 3.05) is 6.61 Å². The summed E-state index contributed by atoms with van der Waals surface area (Å²) in [5.41, 5.74) is 3.73. The minimum Gasteiger partial charge on any atom is -0.482 e. The summed E-state index contributed by atoms with van der Waals surface area (Å²) in [5.74, 6) is -0.873. The van der Waals surface area contributed by atoms with Crippen LogP contribution in [0.3, 0.4) is 0 Å². The van der Waals surface area contributed by atoms with E-state index in [2.05, 4.69) is 33.1 Å². The highest BCUT2D eigenvalue weighted by atomic mass is 127. The number of nitrogens with zero attached hydrogens (tertiary/aromatic N) is 1. The standard InChI is InChI=1S/C16H13IN2O4/c17-13-3-1-2-12(8-13)16(22)19-18-9-11-4-6-14(7-5-11)23-10-15(20)21/h1-9H,10H2,(H,19,22)(H,20,21)/b18-9-. The highest BCUT2D eigenvalue weighted by molar-refractivity contribution is 14.1. The van der Waals surface area contributed by atoms with Gasteiger partial charge in [-0.2, -0.15) is 5.10 Å². The fourth-order valence-corrected chi connectivity index (χ4v) is 2.20. The van der Waals surface area contributed by atoms with E-state index in [1.807, 2.05) is 6.07 Å². The molecule has 2 aromatic carbocycles. The normalized spacial score (nSPS) is 10.5. The molecule has 0 aliphatic rings. The summed E-state index contributed by atoms with van der Waals surface area (Å²) in [4.78, 5) is 22.3. The molecule has 0 aromatic heterocycles. The Bertz CT molecular complexity index is 729. The predicted octanol–water partition coefficient (Wildman–Crippen LogP) is 2.52. The first-order chi connectivity index (χ1) is 11.0. The van der Waals surface area contributed by atoms with Gasteiger partial charge in [0, 0.05) is 9.13 Å². The molecule has 23 heavy (non-hydrogen) atoms. The van der Waals surface area contributed by atoms with Crippen molar-refractivity contribution in [3.63, 3.8) is 0 Å². The SMILES string of the molecule is O=C(O)COc1ccc(/C=N\NC(=O)c2cccc(I)c2)cc1. The summed E-state index contributed by atoms with van der Waals surface area (Å²) in [6.45, 7) is -0.390. The second-order valence-corrected chi connectivity index (χ2v) is 5.71. The van der Waals surface area contributed by atoms with Gasteiger partial charge in [0.05, 0.1) is 6.21 Å². The first kappa shape index (κ1) is 16.9. The topological polar surface area (TPSA) is 88.0 Å². The van der Waals surface area contributed by atoms with Crippen LogP contribution in [0, 0.1) is 3.57 Å². The van der Waals surface area contributed by atoms with E-state index in [0.29, 0.717) is 11.3 Å². The molecule has 118 valence electrons. The van der Waals surface area contributed by atoms with Crippen LogP contribution in [0.2, 0.25) is 0 Å². The molecule has 0 unspecified atom stereocenters. The number of benzene rings is 2. The highest BCUT2D eigenvalue weighted by Gasteiger charge is 2.03. The van der Waals surface area contributed by atoms with Crippen LogP contribution in [0.25, 0.3) is 0 Å². The van der Waals surface area contributed by atoms with Crippen molar-refractivity contribution in [1.29, 1.82) is 0 Å². The van der Waals surface area contributed by atoms with Crippen molar-refractivity contribution >= 4 is 40.7 Å². The monoisotopic (exact) mass is 424 g/mol. The lowest BCUT2D eigenvalue weighted by molar-refractivity contribution is -0.139. The number of halogens is 1. The highest BCUT2D eigenvalue weighted by Crippen LogP contribution is 2.11. The van der Waals surface area contributed by atoms with E-state index in [4.69, 9.17) is 9.84 Å². The van der Waals surface area contributed by atoms with Gasteiger partial charge in [-0.05, 0) is 70.6 Å². The smallest absolute Gasteiger partial charge is 0.341 e. The molecule has 7 heteroatoms. The van der Waals surface area contributed by atoms with Gasteiger partial charge in [0.15, 0.2) is 6.61 Å². The number of carbonyl (C=O) groups is 2. The summed E-state index contributed by atoms with van der Waals surface area (Å²) >= 11 is 2.13. The predicted molar refractivity (Wildman–Crippen MR) is 93.8 cm³/mol. The van der Waals surface area contributed by atoms with Crippen LogP contribution in [0.5, 0.6) is 5.75 Å². The Morgan fingerprint density at radius 2 is 1.96 bits per heavy atom. The van der Waals surface area contributed by atoms with E-state index in [0.717, 1.165) is 9.13 Å². The largest absolute Gasteiger partial charge is 0.482 e. The second kappa shape index (κ2) is 8.28. The van der Waals surface area contributed by atoms with Crippen LogP contribution in [0.1, 0.15) is 15.9 Å². The van der Waals surface area contributed by atoms with Gasteiger partial charge in [0.1, 0.15) is 5.75 Å². The summed E-state index contributed by atoms with van der Waals surface area (Å²) in [5, 5.41) is 12.4. The number of rotatable bonds is 6. The summed E-state index contributed by atoms with van der Waals surface area (Å²) < 4.78 is 5.99. The Morgan fingerprint density at radius 1 is 1.22 bits per heavy atom. The number of amides is 1. The third-order valence-corrected chi connectivity index (χ3v) is 3.38. The van der Waals surface area contributed by atoms with Crippen molar-refractivity contribution in [1.82, 2.24) is 5.43 Å². The number of carbonyl (C=O) groups excluding carboxylic acids is 1. The number of aliphatic carboxylic acids is 1. The maximum atomic E-state index is 11.9. The van der Waals surface area contributed by atoms with Gasteiger partial charge < -0.3 is 9.84 Å². The molecule has 6 nitrogen and oxygen atoms in total. The van der Waals surface area contributed by atoms with E-state index >= 15 is 0 Å². The molecular weight excluding hydrogens is 411 g/mol. The van der Waals surface area contributed by atoms with Gasteiger partial charge in [0.2, 0.25) is 0 Å². The van der Waals surface area contributed by atoms with Crippen LogP contribution in [-0.2, 0) is 4.79 Å². The number of hydrazone groups is 1. The van der Waals surface area contributed by atoms with Crippen molar-refractivity contribution in [3.8, 4) is 5.75 Å². The average Bonchev–Trinajstić information content (AvgIpc) is 2.54. The van der Waals surface area contributed by atoms with Crippen molar-refractivity contribution < 1.29 is 19.4 Å². The molecule has 0 heterocycles. The zero-order valence-corrected chi connectivity index (χ0v) is 14.1. The van der Waals surface area contributed by atoms with Crippen LogP contribution >= 0.6 is 22.6 Å². The number of carboxylic acids is 1. The van der Waals surface area contributed by atoms with Gasteiger partial charge in [-0.1, -0.05) is 6.07 Å². The van der Waals surface area contributed by atoms with Gasteiger partial charge in [-0.15, -0.1) is 0 Å². The van der Waals surface area contributed by atoms with Crippen molar-refractivity contribution in [2.24, 2.45) is 5.10 Å². The maximum Gasteiger partial charge on any atom is 0.341 e. The minimum atomic E-state index is -1.03. The van der Waals surface area contributed by atoms with Gasteiger partial charge in [-0.3, -0.25) is 4.79 Å². The van der Waals surface area contributed by atoms with E-state index in [1.54, 1.807) is 42.5 Å². The fraction of sp³-hybridized carbons (Fsp3) is 0.0625. The van der Waals surface area contributed by atoms with E-state index in [9.17, 15) is 9.59 Å². The molecule has 0 aliphatic carbocycles. The summed E-state index contributed by atoms with van der Waals surface area (Å²) in [7, 11) is 0. The van der Waals surface area contributed by atoms with E-state index in [-0.39, 0.29) is 12.5 Å². The molecule has 0 aliphatic heterocycles. The van der Waals surface area contributed by atoms with Crippen LogP contribution in [-0.4, -0.2) is 29.8 Å². The molecule has 0 saturated carbocycles. The summed E-state index contributed by atoms with van der Waals surface area (Å²) in [6.07, 6.45) is 1.49. The molecular formula is C16H13IN2O4. The van der Waals surface area contributed by atoms with Gasteiger partial charge in [0.25, 0.3) is 5.91 Å². The molecule has 2 rings (SSSR count). The average molecular weight is 424 g/mol. The van der Waals surface area contributed by atoms with Crippen LogP contribution in [0.15, 0.2) is 53.6 Å². The lowest BCUT2D eigenvalue weighted by Gasteiger charge is -2.03.